The van der Waals surface area contributed by atoms with E-state index < -0.39 is 0 Å². The van der Waals surface area contributed by atoms with Crippen molar-refractivity contribution in [3.63, 3.8) is 0 Å². The van der Waals surface area contributed by atoms with Crippen LogP contribution in [0.1, 0.15) is 30.9 Å². The molecule has 88 valence electrons. The molecule has 0 spiro atoms. The monoisotopic (exact) mass is 224 g/mol. The summed E-state index contributed by atoms with van der Waals surface area (Å²) >= 11 is 0. The van der Waals surface area contributed by atoms with E-state index in [0.29, 0.717) is 5.56 Å². The van der Waals surface area contributed by atoms with Crippen LogP contribution in [0.25, 0.3) is 0 Å². The minimum absolute atomic E-state index is 0.111. The van der Waals surface area contributed by atoms with Crippen molar-refractivity contribution < 1.29 is 5.11 Å². The molecule has 1 saturated carbocycles. The number of nitrogens with one attached hydrogen (secondary N) is 1. The van der Waals surface area contributed by atoms with E-state index in [1.165, 1.54) is 0 Å². The van der Waals surface area contributed by atoms with Crippen LogP contribution < -0.4 is 11.2 Å². The molecule has 1 aromatic rings. The summed E-state index contributed by atoms with van der Waals surface area (Å²) in [6, 6.07) is 0.111. The number of hydrogen-bond acceptors (Lipinski definition) is 3. The third-order valence-electron chi connectivity index (χ3n) is 3.31. The average Bonchev–Trinajstić information content (AvgIpc) is 2.71. The first kappa shape index (κ1) is 11.1. The molecular weight excluding hydrogens is 208 g/mol. The van der Waals surface area contributed by atoms with Crippen molar-refractivity contribution >= 4 is 0 Å². The normalized spacial score (nSPS) is 24.9. The predicted octanol–water partition coefficient (Wildman–Crippen LogP) is 0.179. The Kier molecular flexibility index (Phi) is 2.96. The summed E-state index contributed by atoms with van der Waals surface area (Å²) in [4.78, 5) is 25.1. The van der Waals surface area contributed by atoms with Gasteiger partial charge in [0.05, 0.1) is 0 Å². The quantitative estimate of drug-likeness (QED) is 0.752. The SMILES string of the molecule is Cc1cn([C@H]2CC[C@@H](CO)C2)c(=O)[nH]c1=O. The van der Waals surface area contributed by atoms with E-state index in [2.05, 4.69) is 4.98 Å². The third kappa shape index (κ3) is 1.95. The van der Waals surface area contributed by atoms with Crippen molar-refractivity contribution in [1.29, 1.82) is 0 Å². The van der Waals surface area contributed by atoms with Gasteiger partial charge in [0.15, 0.2) is 0 Å². The highest BCUT2D eigenvalue weighted by molar-refractivity contribution is 5.02. The molecule has 0 aromatic carbocycles. The third-order valence-corrected chi connectivity index (χ3v) is 3.31. The fourth-order valence-electron chi connectivity index (χ4n) is 2.32. The molecule has 0 bridgehead atoms. The zero-order valence-corrected chi connectivity index (χ0v) is 9.27. The lowest BCUT2D eigenvalue weighted by Crippen LogP contribution is -2.32. The molecule has 5 nitrogen and oxygen atoms in total. The molecule has 5 heteroatoms. The second-order valence-electron chi connectivity index (χ2n) is 4.49. The predicted molar refractivity (Wildman–Crippen MR) is 59.5 cm³/mol. The molecule has 2 N–H and O–H groups in total. The molecule has 0 unspecified atom stereocenters. The van der Waals surface area contributed by atoms with Gasteiger partial charge in [-0.15, -0.1) is 0 Å². The van der Waals surface area contributed by atoms with Crippen LogP contribution in [0.4, 0.5) is 0 Å². The first-order chi connectivity index (χ1) is 7.61. The van der Waals surface area contributed by atoms with Gasteiger partial charge in [0.25, 0.3) is 5.56 Å². The molecule has 2 rings (SSSR count). The largest absolute Gasteiger partial charge is 0.396 e. The molecule has 1 fully saturated rings. The highest BCUT2D eigenvalue weighted by Gasteiger charge is 2.26. The van der Waals surface area contributed by atoms with E-state index in [1.54, 1.807) is 17.7 Å². The van der Waals surface area contributed by atoms with E-state index in [9.17, 15) is 9.59 Å². The summed E-state index contributed by atoms with van der Waals surface area (Å²) < 4.78 is 1.59. The Morgan fingerprint density at radius 2 is 2.25 bits per heavy atom. The number of aryl methyl sites for hydroxylation is 1. The van der Waals surface area contributed by atoms with Gasteiger partial charge in [-0.05, 0) is 32.1 Å². The maximum atomic E-state index is 11.6. The maximum absolute atomic E-state index is 11.6. The highest BCUT2D eigenvalue weighted by Crippen LogP contribution is 2.33. The lowest BCUT2D eigenvalue weighted by molar-refractivity contribution is 0.226. The van der Waals surface area contributed by atoms with Gasteiger partial charge in [0.2, 0.25) is 0 Å². The van der Waals surface area contributed by atoms with Crippen LogP contribution >= 0.6 is 0 Å². The molecule has 1 aliphatic carbocycles. The fraction of sp³-hybridized carbons (Fsp3) is 0.636. The summed E-state index contributed by atoms with van der Waals surface area (Å²) in [6.45, 7) is 1.86. The Bertz CT molecular complexity index is 489. The van der Waals surface area contributed by atoms with E-state index in [4.69, 9.17) is 5.11 Å². The number of nitrogens with zero attached hydrogens (tertiary/aromatic N) is 1. The van der Waals surface area contributed by atoms with Crippen LogP contribution in [-0.2, 0) is 0 Å². The minimum Gasteiger partial charge on any atom is -0.396 e. The summed E-state index contributed by atoms with van der Waals surface area (Å²) in [5.74, 6) is 0.282. The Labute approximate surface area is 92.7 Å². The molecule has 2 atom stereocenters. The lowest BCUT2D eigenvalue weighted by atomic mass is 10.1. The maximum Gasteiger partial charge on any atom is 0.328 e. The zero-order valence-electron chi connectivity index (χ0n) is 9.27. The van der Waals surface area contributed by atoms with Crippen molar-refractivity contribution in [2.75, 3.05) is 6.61 Å². The standard InChI is InChI=1S/C11H16N2O3/c1-7-5-13(11(16)12-10(7)15)9-3-2-8(4-9)6-14/h5,8-9,14H,2-4,6H2,1H3,(H,12,15,16)/t8-,9+/m1/s1. The van der Waals surface area contributed by atoms with E-state index in [0.717, 1.165) is 19.3 Å². The fourth-order valence-corrected chi connectivity index (χ4v) is 2.32. The lowest BCUT2D eigenvalue weighted by Gasteiger charge is -2.13. The first-order valence-corrected chi connectivity index (χ1v) is 5.54. The second kappa shape index (κ2) is 4.25. The molecule has 1 aromatic heterocycles. The van der Waals surface area contributed by atoms with Crippen molar-refractivity contribution in [2.45, 2.75) is 32.2 Å². The number of rotatable bonds is 2. The van der Waals surface area contributed by atoms with Gasteiger partial charge < -0.3 is 5.11 Å². The Morgan fingerprint density at radius 3 is 2.88 bits per heavy atom. The topological polar surface area (TPSA) is 75.1 Å². The van der Waals surface area contributed by atoms with E-state index in [1.807, 2.05) is 0 Å². The highest BCUT2D eigenvalue weighted by atomic mass is 16.3. The number of aromatic amines is 1. The van der Waals surface area contributed by atoms with Crippen LogP contribution in [-0.4, -0.2) is 21.3 Å². The van der Waals surface area contributed by atoms with Crippen molar-refractivity contribution in [3.8, 4) is 0 Å². The smallest absolute Gasteiger partial charge is 0.328 e. The zero-order chi connectivity index (χ0) is 11.7. The second-order valence-corrected chi connectivity index (χ2v) is 4.49. The molecule has 0 radical (unpaired) electrons. The number of aromatic nitrogens is 2. The van der Waals surface area contributed by atoms with Gasteiger partial charge in [-0.2, -0.15) is 0 Å². The molecule has 1 aliphatic rings. The Morgan fingerprint density at radius 1 is 1.50 bits per heavy atom. The number of aliphatic hydroxyl groups is 1. The summed E-state index contributed by atoms with van der Waals surface area (Å²) in [5.41, 5.74) is -0.121. The Balaban J connectivity index is 2.32. The number of aliphatic hydroxyl groups excluding tert-OH is 1. The molecule has 16 heavy (non-hydrogen) atoms. The molecule has 1 heterocycles. The molecular formula is C11H16N2O3. The average molecular weight is 224 g/mol. The van der Waals surface area contributed by atoms with Gasteiger partial charge in [-0.3, -0.25) is 14.3 Å². The summed E-state index contributed by atoms with van der Waals surface area (Å²) in [5, 5.41) is 9.05. The molecule has 0 saturated heterocycles. The number of H-pyrrole nitrogens is 1. The van der Waals surface area contributed by atoms with Crippen LogP contribution in [0.15, 0.2) is 15.8 Å². The van der Waals surface area contributed by atoms with Gasteiger partial charge in [0, 0.05) is 24.4 Å². The van der Waals surface area contributed by atoms with Gasteiger partial charge >= 0.3 is 5.69 Å². The van der Waals surface area contributed by atoms with Crippen molar-refractivity contribution in [1.82, 2.24) is 9.55 Å². The van der Waals surface area contributed by atoms with E-state index >= 15 is 0 Å². The van der Waals surface area contributed by atoms with Crippen molar-refractivity contribution in [3.05, 3.63) is 32.6 Å². The van der Waals surface area contributed by atoms with Crippen LogP contribution in [0, 0.1) is 12.8 Å². The van der Waals surface area contributed by atoms with Crippen LogP contribution in [0.3, 0.4) is 0 Å². The van der Waals surface area contributed by atoms with Gasteiger partial charge in [-0.1, -0.05) is 0 Å². The summed E-state index contributed by atoms with van der Waals surface area (Å²) in [6.07, 6.45) is 4.25. The van der Waals surface area contributed by atoms with Gasteiger partial charge in [-0.25, -0.2) is 4.79 Å². The van der Waals surface area contributed by atoms with Crippen LogP contribution in [0.2, 0.25) is 0 Å². The van der Waals surface area contributed by atoms with Gasteiger partial charge in [0.1, 0.15) is 0 Å². The van der Waals surface area contributed by atoms with Crippen LogP contribution in [0.5, 0.6) is 0 Å². The minimum atomic E-state index is -0.348. The van der Waals surface area contributed by atoms with Crippen molar-refractivity contribution in [2.24, 2.45) is 5.92 Å². The first-order valence-electron chi connectivity index (χ1n) is 5.54. The Hall–Kier alpha value is -1.36. The summed E-state index contributed by atoms with van der Waals surface area (Å²) in [7, 11) is 0. The molecule has 0 aliphatic heterocycles. The van der Waals surface area contributed by atoms with E-state index in [-0.39, 0.29) is 29.8 Å². The molecule has 0 amide bonds. The number of hydrogen-bond donors (Lipinski definition) is 2.